The Bertz CT molecular complexity index is 1580. The monoisotopic (exact) mass is 570 g/mol. The highest BCUT2D eigenvalue weighted by Gasteiger charge is 2.53. The third kappa shape index (κ3) is 4.79. The summed E-state index contributed by atoms with van der Waals surface area (Å²) in [5.74, 6) is -3.09. The smallest absolute Gasteiger partial charge is 0.286 e. The zero-order chi connectivity index (χ0) is 27.8. The number of aliphatic carboxylic acids is 1. The predicted molar refractivity (Wildman–Crippen MR) is 138 cm³/mol. The van der Waals surface area contributed by atoms with E-state index in [2.05, 4.69) is 15.5 Å². The van der Waals surface area contributed by atoms with Gasteiger partial charge in [-0.1, -0.05) is 5.16 Å². The molecular weight excluding hydrogens is 548 g/mol. The van der Waals surface area contributed by atoms with Crippen LogP contribution in [0.4, 0.5) is 5.13 Å². The number of carbonyl (C=O) groups is 4. The van der Waals surface area contributed by atoms with Crippen molar-refractivity contribution < 1.29 is 33.5 Å². The molecule has 0 aliphatic carbocycles. The van der Waals surface area contributed by atoms with Crippen molar-refractivity contribution >= 4 is 63.3 Å². The molecule has 0 saturated carbocycles. The number of thiazole rings is 1. The summed E-state index contributed by atoms with van der Waals surface area (Å²) in [7, 11) is 0. The Kier molecular flexibility index (Phi) is 6.96. The Morgan fingerprint density at radius 3 is 2.82 bits per heavy atom. The van der Waals surface area contributed by atoms with Crippen LogP contribution in [0.3, 0.4) is 0 Å². The number of thioether (sulfide) groups is 1. The topological polar surface area (TPSA) is 202 Å². The number of nitrogens with one attached hydrogen (secondary N) is 1. The number of hydrogen-bond acceptors (Lipinski definition) is 11. The van der Waals surface area contributed by atoms with Crippen molar-refractivity contribution in [2.24, 2.45) is 10.9 Å². The first-order valence-corrected chi connectivity index (χ1v) is 13.5. The zero-order valence-electron chi connectivity index (χ0n) is 20.4. The quantitative estimate of drug-likeness (QED) is 0.115. The van der Waals surface area contributed by atoms with Crippen molar-refractivity contribution in [2.45, 2.75) is 24.9 Å². The Morgan fingerprint density at radius 1 is 1.36 bits per heavy atom. The van der Waals surface area contributed by atoms with Crippen LogP contribution in [0.5, 0.6) is 0 Å². The van der Waals surface area contributed by atoms with Crippen LogP contribution in [-0.4, -0.2) is 67.6 Å². The number of nitrogens with zero attached hydrogens (tertiary/aromatic N) is 5. The maximum absolute atomic E-state index is 13.1. The van der Waals surface area contributed by atoms with E-state index >= 15 is 0 Å². The average molecular weight is 571 g/mol. The minimum atomic E-state index is -1.50. The summed E-state index contributed by atoms with van der Waals surface area (Å²) in [6.07, 6.45) is 5.00. The molecule has 0 unspecified atom stereocenters. The summed E-state index contributed by atoms with van der Waals surface area (Å²) >= 11 is 2.43. The van der Waals surface area contributed by atoms with Gasteiger partial charge in [0.2, 0.25) is 0 Å². The number of aromatic nitrogens is 3. The molecule has 1 fully saturated rings. The minimum absolute atomic E-state index is 0.148. The van der Waals surface area contributed by atoms with Gasteiger partial charge >= 0.3 is 0 Å². The van der Waals surface area contributed by atoms with E-state index in [1.165, 1.54) is 17.1 Å². The van der Waals surface area contributed by atoms with Gasteiger partial charge in [0.1, 0.15) is 48.9 Å². The van der Waals surface area contributed by atoms with Crippen molar-refractivity contribution in [1.82, 2.24) is 19.8 Å². The predicted octanol–water partition coefficient (Wildman–Crippen LogP) is -1.79. The largest absolute Gasteiger partial charge is 0.543 e. The van der Waals surface area contributed by atoms with E-state index in [4.69, 9.17) is 16.3 Å². The molecule has 16 heteroatoms. The first-order valence-electron chi connectivity index (χ1n) is 11.6. The number of oxime groups is 1. The Hall–Kier alpha value is -4.44. The Balaban J connectivity index is 1.37. The molecule has 0 bridgehead atoms. The summed E-state index contributed by atoms with van der Waals surface area (Å²) in [5.41, 5.74) is 12.3. The second-order valence-corrected chi connectivity index (χ2v) is 10.5. The molecule has 3 amide bonds. The van der Waals surface area contributed by atoms with E-state index in [1.54, 1.807) is 46.6 Å². The van der Waals surface area contributed by atoms with Gasteiger partial charge in [0.25, 0.3) is 23.4 Å². The molecule has 5 heterocycles. The highest BCUT2D eigenvalue weighted by Crippen LogP contribution is 2.40. The number of fused-ring (bicyclic) bond motifs is 2. The maximum Gasteiger partial charge on any atom is 0.286 e. The standard InChI is InChI=1S/C23H22N8O6S2/c1-2-37-28-15(13-10-39-23(25)26-13)19(33)27-16-20(34)31-17(22(35)36)12(9-38-21(16)31)8-30-6-5-29-7-11(18(24)32)3-4-14(29)30/h3-7,10,16,21H,2,8-9H2,1H3,(H5-,24,25,26,27,32,33,35,36)/b28-15-/t16-,21+/m1/s1. The number of primary amides is 1. The van der Waals surface area contributed by atoms with Crippen LogP contribution in [0.2, 0.25) is 0 Å². The molecule has 0 spiro atoms. The Morgan fingerprint density at radius 2 is 2.15 bits per heavy atom. The fraction of sp³-hybridized carbons (Fsp3) is 0.261. The SMILES string of the molecule is CCO/N=C(\C(=O)N[C@@H]1C(=O)N2C(C(=O)[O-])=C(Cn3cc[n+]4cc(C(N)=O)ccc34)CS[C@@H]12)c1csc(N)n1. The van der Waals surface area contributed by atoms with E-state index in [-0.39, 0.29) is 41.1 Å². The lowest BCUT2D eigenvalue weighted by Crippen LogP contribution is -2.71. The number of pyridine rings is 1. The molecule has 14 nitrogen and oxygen atoms in total. The van der Waals surface area contributed by atoms with Gasteiger partial charge in [-0.3, -0.25) is 19.3 Å². The van der Waals surface area contributed by atoms with Crippen LogP contribution in [-0.2, 0) is 25.8 Å². The zero-order valence-corrected chi connectivity index (χ0v) is 22.0. The van der Waals surface area contributed by atoms with Crippen molar-refractivity contribution in [3.05, 3.63) is 58.6 Å². The molecule has 3 aromatic rings. The van der Waals surface area contributed by atoms with Crippen molar-refractivity contribution in [1.29, 1.82) is 0 Å². The van der Waals surface area contributed by atoms with Crippen LogP contribution in [0.25, 0.3) is 5.65 Å². The van der Waals surface area contributed by atoms with Crippen LogP contribution >= 0.6 is 23.1 Å². The van der Waals surface area contributed by atoms with Gasteiger partial charge in [-0.2, -0.15) is 0 Å². The molecule has 3 aromatic heterocycles. The van der Waals surface area contributed by atoms with Crippen molar-refractivity contribution in [3.8, 4) is 0 Å². The number of hydrogen-bond donors (Lipinski definition) is 3. The number of amides is 3. The molecule has 0 aromatic carbocycles. The molecule has 5 rings (SSSR count). The van der Waals surface area contributed by atoms with Gasteiger partial charge in [0.15, 0.2) is 10.8 Å². The van der Waals surface area contributed by atoms with E-state index in [1.807, 2.05) is 0 Å². The van der Waals surface area contributed by atoms with E-state index in [9.17, 15) is 24.3 Å². The molecule has 39 heavy (non-hydrogen) atoms. The molecule has 202 valence electrons. The summed E-state index contributed by atoms with van der Waals surface area (Å²) in [5, 5.41) is 19.7. The maximum atomic E-state index is 13.1. The van der Waals surface area contributed by atoms with Crippen molar-refractivity contribution in [3.63, 3.8) is 0 Å². The second kappa shape index (κ2) is 10.4. The summed E-state index contributed by atoms with van der Waals surface area (Å²) in [6.45, 7) is 2.06. The van der Waals surface area contributed by atoms with E-state index in [0.29, 0.717) is 16.8 Å². The third-order valence-electron chi connectivity index (χ3n) is 6.09. The van der Waals surface area contributed by atoms with E-state index < -0.39 is 35.1 Å². The first-order chi connectivity index (χ1) is 18.7. The molecule has 2 aliphatic rings. The number of rotatable bonds is 9. The van der Waals surface area contributed by atoms with Gasteiger partial charge in [-0.05, 0) is 13.0 Å². The lowest BCUT2D eigenvalue weighted by Gasteiger charge is -2.50. The number of carboxylic acids is 1. The summed E-state index contributed by atoms with van der Waals surface area (Å²) in [6, 6.07) is 2.27. The van der Waals surface area contributed by atoms with Gasteiger partial charge in [-0.15, -0.1) is 23.1 Å². The molecule has 2 aliphatic heterocycles. The highest BCUT2D eigenvalue weighted by molar-refractivity contribution is 8.00. The molecular formula is C23H22N8O6S2. The summed E-state index contributed by atoms with van der Waals surface area (Å²) < 4.78 is 3.47. The number of nitrogen functional groups attached to an aromatic ring is 1. The number of nitrogens with two attached hydrogens (primary N) is 2. The molecule has 2 atom stereocenters. The Labute approximate surface area is 228 Å². The molecule has 0 radical (unpaired) electrons. The van der Waals surface area contributed by atoms with Gasteiger partial charge in [-0.25, -0.2) is 14.0 Å². The van der Waals surface area contributed by atoms with Gasteiger partial charge in [0.05, 0.1) is 17.2 Å². The van der Waals surface area contributed by atoms with Crippen LogP contribution < -0.4 is 26.3 Å². The lowest BCUT2D eigenvalue weighted by atomic mass is 10.0. The fourth-order valence-electron chi connectivity index (χ4n) is 4.32. The van der Waals surface area contributed by atoms with Crippen LogP contribution in [0.1, 0.15) is 23.0 Å². The van der Waals surface area contributed by atoms with Gasteiger partial charge in [0, 0.05) is 22.8 Å². The number of imidazole rings is 1. The fourth-order valence-corrected chi connectivity index (χ4v) is 6.20. The number of β-lactam (4-membered cyclic amide) rings is 1. The third-order valence-corrected chi connectivity index (χ3v) is 8.11. The number of anilines is 1. The number of carboxylic acid groups (broad SMARTS) is 1. The number of carbonyl (C=O) groups excluding carboxylic acids is 4. The molecule has 5 N–H and O–H groups in total. The minimum Gasteiger partial charge on any atom is -0.543 e. The van der Waals surface area contributed by atoms with Crippen LogP contribution in [0, 0.1) is 0 Å². The van der Waals surface area contributed by atoms with Crippen LogP contribution in [0.15, 0.2) is 52.5 Å². The second-order valence-electron chi connectivity index (χ2n) is 8.50. The summed E-state index contributed by atoms with van der Waals surface area (Å²) in [4.78, 5) is 60.0. The highest BCUT2D eigenvalue weighted by atomic mass is 32.2. The van der Waals surface area contributed by atoms with E-state index in [0.717, 1.165) is 16.2 Å². The first kappa shape index (κ1) is 26.2. The van der Waals surface area contributed by atoms with Crippen molar-refractivity contribution in [2.75, 3.05) is 18.1 Å². The van der Waals surface area contributed by atoms with Gasteiger partial charge < -0.3 is 31.5 Å². The normalized spacial score (nSPS) is 19.1. The average Bonchev–Trinajstić information content (AvgIpc) is 3.52. The lowest BCUT2D eigenvalue weighted by molar-refractivity contribution is -0.510. The molecule has 1 saturated heterocycles.